The summed E-state index contributed by atoms with van der Waals surface area (Å²) in [5, 5.41) is 0.134. The number of aromatic nitrogens is 2. The van der Waals surface area contributed by atoms with Crippen molar-refractivity contribution in [1.82, 2.24) is 24.5 Å². The fraction of sp³-hybridized carbons (Fsp3) is 0.545. The molecule has 3 aromatic rings. The third-order valence-corrected chi connectivity index (χ3v) is 15.0. The average Bonchev–Trinajstić information content (AvgIpc) is 4.16. The van der Waals surface area contributed by atoms with Crippen molar-refractivity contribution in [1.29, 1.82) is 0 Å². The highest BCUT2D eigenvalue weighted by Gasteiger charge is 2.61. The Morgan fingerprint density at radius 3 is 2.59 bits per heavy atom. The number of rotatable bonds is 9. The molecule has 3 amide bonds. The number of carbonyl (C=O) groups excluding carboxylic acids is 4. The van der Waals surface area contributed by atoms with Crippen LogP contribution in [0.4, 0.5) is 8.78 Å². The van der Waals surface area contributed by atoms with Gasteiger partial charge in [-0.3, -0.25) is 28.9 Å². The van der Waals surface area contributed by atoms with Gasteiger partial charge in [-0.15, -0.1) is 0 Å². The number of halogens is 3. The van der Waals surface area contributed by atoms with Crippen LogP contribution in [-0.4, -0.2) is 102 Å². The number of nitrogens with one attached hydrogen (secondary N) is 1. The predicted octanol–water partition coefficient (Wildman–Crippen LogP) is 6.67. The van der Waals surface area contributed by atoms with E-state index in [-0.39, 0.29) is 62.6 Å². The number of fused-ring (bicyclic) bond motifs is 3. The standard InChI is InChI=1S/C44H50ClF2N5O8S/c1-59-36-16-15-31-37(22-33(49-40(31)39(36)45)32-12-7-8-18-48-32)60-29-21-34-35(53)24-43(42(56)50-61(57,58)30-13-14-30)23-28(43)11-6-4-2-3-5-10-27(41(55)52(34)25-29)20-38(54)51-19-9-17-44(46,47)26-51/h6-8,11-12,15-16,18,22,27-30,34H,2-5,9-10,13-14,17,19-21,23-26H2,1H3,(H,50,56)/b11-6-/t27-,28-,29-,34+,43-/m1/s1. The first-order chi connectivity index (χ1) is 29.2. The molecule has 4 fully saturated rings. The SMILES string of the molecule is COc1ccc2c(O[C@@H]3C[C@H]4C(=O)C[C@]5(C(=O)NS(=O)(=O)C6CC6)C[C@H]5/C=C\CCCCC[C@H](CC(=O)N5CCCC(F)(F)C5)C(=O)N4C3)cc(-c3ccccn3)nc2c1Cl. The topological polar surface area (TPSA) is 165 Å². The Hall–Kier alpha value is -4.70. The molecule has 5 heterocycles. The van der Waals surface area contributed by atoms with Crippen molar-refractivity contribution in [3.8, 4) is 22.9 Å². The predicted molar refractivity (Wildman–Crippen MR) is 222 cm³/mol. The van der Waals surface area contributed by atoms with E-state index in [9.17, 15) is 36.4 Å². The van der Waals surface area contributed by atoms with E-state index in [1.165, 1.54) is 12.0 Å². The number of ketones is 1. The normalized spacial score (nSPS) is 27.6. The average molecular weight is 882 g/mol. The number of alkyl halides is 2. The van der Waals surface area contributed by atoms with Gasteiger partial charge in [0, 0.05) is 55.8 Å². The molecule has 2 saturated carbocycles. The van der Waals surface area contributed by atoms with Crippen LogP contribution in [0, 0.1) is 17.3 Å². The Bertz CT molecular complexity index is 2350. The number of amides is 3. The second-order valence-corrected chi connectivity index (χ2v) is 19.5. The molecular weight excluding hydrogens is 832 g/mol. The van der Waals surface area contributed by atoms with E-state index in [0.717, 1.165) is 17.7 Å². The van der Waals surface area contributed by atoms with Crippen LogP contribution in [0.3, 0.4) is 0 Å². The van der Waals surface area contributed by atoms with Crippen molar-refractivity contribution >= 4 is 56.0 Å². The maximum Gasteiger partial charge on any atom is 0.265 e. The van der Waals surface area contributed by atoms with Crippen LogP contribution in [0.15, 0.2) is 54.7 Å². The Kier molecular flexibility index (Phi) is 12.1. The number of hydrogen-bond acceptors (Lipinski definition) is 10. The van der Waals surface area contributed by atoms with Crippen molar-refractivity contribution in [2.75, 3.05) is 26.7 Å². The summed E-state index contributed by atoms with van der Waals surface area (Å²) in [7, 11) is -2.43. The zero-order chi connectivity index (χ0) is 43.1. The van der Waals surface area contributed by atoms with Crippen LogP contribution < -0.4 is 14.2 Å². The van der Waals surface area contributed by atoms with Crippen LogP contribution in [0.2, 0.25) is 5.02 Å². The zero-order valence-corrected chi connectivity index (χ0v) is 35.6. The van der Waals surface area contributed by atoms with E-state index in [1.807, 2.05) is 18.2 Å². The Labute approximate surface area is 358 Å². The summed E-state index contributed by atoms with van der Waals surface area (Å²) in [5.41, 5.74) is 0.0364. The Morgan fingerprint density at radius 1 is 1.03 bits per heavy atom. The van der Waals surface area contributed by atoms with E-state index in [1.54, 1.807) is 36.5 Å². The van der Waals surface area contributed by atoms with Gasteiger partial charge in [0.05, 0.1) is 53.8 Å². The lowest BCUT2D eigenvalue weighted by Gasteiger charge is -2.34. The molecule has 1 aromatic carbocycles. The molecule has 0 bridgehead atoms. The molecule has 5 atom stereocenters. The minimum Gasteiger partial charge on any atom is -0.495 e. The van der Waals surface area contributed by atoms with Gasteiger partial charge in [-0.05, 0) is 75.1 Å². The van der Waals surface area contributed by atoms with Gasteiger partial charge in [-0.1, -0.05) is 42.7 Å². The number of nitrogens with zero attached hydrogens (tertiary/aromatic N) is 4. The number of methoxy groups -OCH3 is 1. The lowest BCUT2D eigenvalue weighted by atomic mass is 9.90. The number of hydrogen-bond donors (Lipinski definition) is 1. The molecule has 2 aliphatic carbocycles. The minimum atomic E-state index is -3.91. The minimum absolute atomic E-state index is 0.0226. The number of carbonyl (C=O) groups is 4. The van der Waals surface area contributed by atoms with Gasteiger partial charge in [0.15, 0.2) is 5.78 Å². The molecule has 2 aromatic heterocycles. The van der Waals surface area contributed by atoms with Crippen molar-refractivity contribution in [3.63, 3.8) is 0 Å². The first kappa shape index (κ1) is 43.0. The van der Waals surface area contributed by atoms with Gasteiger partial charge >= 0.3 is 0 Å². The van der Waals surface area contributed by atoms with Crippen LogP contribution >= 0.6 is 11.6 Å². The number of sulfonamides is 1. The van der Waals surface area contributed by atoms with Crippen LogP contribution in [0.1, 0.15) is 83.5 Å². The summed E-state index contributed by atoms with van der Waals surface area (Å²) in [5.74, 6) is -5.74. The zero-order valence-electron chi connectivity index (χ0n) is 34.0. The lowest BCUT2D eigenvalue weighted by molar-refractivity contribution is -0.148. The van der Waals surface area contributed by atoms with Crippen LogP contribution in [0.5, 0.6) is 11.5 Å². The van der Waals surface area contributed by atoms with E-state index >= 15 is 0 Å². The summed E-state index contributed by atoms with van der Waals surface area (Å²) in [6.07, 6.45) is 8.14. The van der Waals surface area contributed by atoms with Crippen LogP contribution in [0.25, 0.3) is 22.3 Å². The first-order valence-electron chi connectivity index (χ1n) is 21.1. The fourth-order valence-electron chi connectivity index (χ4n) is 9.13. The molecular formula is C44H50ClF2N5O8S. The van der Waals surface area contributed by atoms with Crippen molar-refractivity contribution in [2.45, 2.75) is 107 Å². The monoisotopic (exact) mass is 881 g/mol. The summed E-state index contributed by atoms with van der Waals surface area (Å²) < 4.78 is 69.3. The molecule has 17 heteroatoms. The summed E-state index contributed by atoms with van der Waals surface area (Å²) in [6, 6.07) is 9.41. The largest absolute Gasteiger partial charge is 0.495 e. The molecule has 61 heavy (non-hydrogen) atoms. The van der Waals surface area contributed by atoms with E-state index in [0.29, 0.717) is 65.9 Å². The Morgan fingerprint density at radius 2 is 1.85 bits per heavy atom. The summed E-state index contributed by atoms with van der Waals surface area (Å²) in [4.78, 5) is 69.0. The number of allylic oxidation sites excluding steroid dienone is 2. The number of benzene rings is 1. The maximum absolute atomic E-state index is 14.9. The van der Waals surface area contributed by atoms with Crippen molar-refractivity contribution in [3.05, 3.63) is 59.8 Å². The van der Waals surface area contributed by atoms with E-state index < -0.39 is 74.7 Å². The van der Waals surface area contributed by atoms with E-state index in [2.05, 4.69) is 9.71 Å². The second kappa shape index (κ2) is 17.2. The van der Waals surface area contributed by atoms with Crippen molar-refractivity contribution < 1.29 is 45.9 Å². The smallest absolute Gasteiger partial charge is 0.265 e. The molecule has 8 rings (SSSR count). The number of likely N-dealkylation sites (tertiary alicyclic amines) is 1. The fourth-order valence-corrected chi connectivity index (χ4v) is 10.8. The molecule has 13 nitrogen and oxygen atoms in total. The van der Waals surface area contributed by atoms with Crippen LogP contribution in [-0.2, 0) is 29.2 Å². The Balaban J connectivity index is 1.14. The van der Waals surface area contributed by atoms with Crippen molar-refractivity contribution in [2.24, 2.45) is 17.3 Å². The summed E-state index contributed by atoms with van der Waals surface area (Å²) >= 11 is 6.79. The maximum atomic E-state index is 14.9. The number of ether oxygens (including phenoxy) is 2. The van der Waals surface area contributed by atoms with Gasteiger partial charge in [-0.2, -0.15) is 0 Å². The van der Waals surface area contributed by atoms with Gasteiger partial charge in [-0.25, -0.2) is 22.2 Å². The van der Waals surface area contributed by atoms with Gasteiger partial charge in [0.25, 0.3) is 5.92 Å². The number of pyridine rings is 2. The molecule has 326 valence electrons. The van der Waals surface area contributed by atoms with Gasteiger partial charge in [0.1, 0.15) is 22.6 Å². The summed E-state index contributed by atoms with van der Waals surface area (Å²) in [6.45, 7) is -0.606. The van der Waals surface area contributed by atoms with Gasteiger partial charge < -0.3 is 19.3 Å². The van der Waals surface area contributed by atoms with Gasteiger partial charge in [0.2, 0.25) is 27.7 Å². The first-order valence-corrected chi connectivity index (χ1v) is 23.1. The molecule has 0 spiro atoms. The highest BCUT2D eigenvalue weighted by molar-refractivity contribution is 7.90. The quantitative estimate of drug-likeness (QED) is 0.230. The third-order valence-electron chi connectivity index (χ3n) is 12.8. The molecule has 5 aliphatic rings. The number of Topliss-reactive ketones (excluding diaryl/α,β-unsaturated/α-hetero) is 1. The molecule has 0 unspecified atom stereocenters. The lowest BCUT2D eigenvalue weighted by Crippen LogP contribution is -2.49. The highest BCUT2D eigenvalue weighted by Crippen LogP contribution is 2.57. The third kappa shape index (κ3) is 9.25. The molecule has 1 N–H and O–H groups in total. The highest BCUT2D eigenvalue weighted by atomic mass is 35.5. The van der Waals surface area contributed by atoms with E-state index in [4.69, 9.17) is 26.1 Å². The second-order valence-electron chi connectivity index (χ2n) is 17.2. The number of piperidine rings is 1. The molecule has 0 radical (unpaired) electrons. The molecule has 3 aliphatic heterocycles. The molecule has 2 saturated heterocycles.